The van der Waals surface area contributed by atoms with Crippen LogP contribution in [0.5, 0.6) is 0 Å². The second kappa shape index (κ2) is 5.67. The third-order valence-corrected chi connectivity index (χ3v) is 2.32. The lowest BCUT2D eigenvalue weighted by Crippen LogP contribution is -2.20. The molecule has 0 saturated heterocycles. The number of nitriles is 1. The van der Waals surface area contributed by atoms with Crippen LogP contribution in [0.4, 0.5) is 17.1 Å². The number of nitrogens with zero attached hydrogens (tertiary/aromatic N) is 3. The molecule has 3 N–H and O–H groups in total. The Balaban J connectivity index is 3.14. The molecular weight excluding hydrogens is 222 g/mol. The Labute approximate surface area is 98.6 Å². The van der Waals surface area contributed by atoms with Crippen molar-refractivity contribution in [3.8, 4) is 6.07 Å². The van der Waals surface area contributed by atoms with Crippen LogP contribution in [0.2, 0.25) is 0 Å². The van der Waals surface area contributed by atoms with Gasteiger partial charge in [0.2, 0.25) is 0 Å². The molecule has 0 amide bonds. The van der Waals surface area contributed by atoms with E-state index in [0.29, 0.717) is 18.7 Å². The molecule has 0 radical (unpaired) electrons. The minimum Gasteiger partial charge on any atom is -0.368 e. The highest BCUT2D eigenvalue weighted by molar-refractivity contribution is 5.76. The minimum atomic E-state index is -0.493. The van der Waals surface area contributed by atoms with Gasteiger partial charge in [0.25, 0.3) is 0 Å². The molecule has 0 bridgehead atoms. The molecular formula is C10H13N5O2. The summed E-state index contributed by atoms with van der Waals surface area (Å²) in [5, 5.41) is 19.5. The molecule has 17 heavy (non-hydrogen) atoms. The van der Waals surface area contributed by atoms with E-state index in [4.69, 9.17) is 11.1 Å². The Kier molecular flexibility index (Phi) is 4.25. The molecule has 0 heterocycles. The van der Waals surface area contributed by atoms with Gasteiger partial charge in [0.15, 0.2) is 0 Å². The maximum atomic E-state index is 11.0. The first-order chi connectivity index (χ1) is 8.11. The Hall–Kier alpha value is -2.33. The summed E-state index contributed by atoms with van der Waals surface area (Å²) in [7, 11) is 1.69. The van der Waals surface area contributed by atoms with Gasteiger partial charge in [0.05, 0.1) is 17.4 Å². The van der Waals surface area contributed by atoms with Gasteiger partial charge in [0.1, 0.15) is 11.4 Å². The Morgan fingerprint density at radius 2 is 2.35 bits per heavy atom. The smallest absolute Gasteiger partial charge is 0.316 e. The van der Waals surface area contributed by atoms with Crippen molar-refractivity contribution in [3.05, 3.63) is 28.3 Å². The van der Waals surface area contributed by atoms with E-state index in [1.165, 1.54) is 6.07 Å². The molecule has 7 nitrogen and oxygen atoms in total. The Morgan fingerprint density at radius 3 is 2.88 bits per heavy atom. The summed E-state index contributed by atoms with van der Waals surface area (Å²) in [6, 6.07) is 6.81. The number of para-hydroxylation sites is 1. The first kappa shape index (κ1) is 12.7. The van der Waals surface area contributed by atoms with Crippen LogP contribution in [0.15, 0.2) is 18.2 Å². The van der Waals surface area contributed by atoms with E-state index in [9.17, 15) is 10.1 Å². The fourth-order valence-electron chi connectivity index (χ4n) is 1.49. The summed E-state index contributed by atoms with van der Waals surface area (Å²) >= 11 is 0. The van der Waals surface area contributed by atoms with Crippen molar-refractivity contribution in [2.75, 3.05) is 23.9 Å². The molecule has 1 aromatic rings. The third kappa shape index (κ3) is 2.83. The first-order valence-electron chi connectivity index (χ1n) is 4.94. The number of hydrogen-bond acceptors (Lipinski definition) is 6. The summed E-state index contributed by atoms with van der Waals surface area (Å²) in [4.78, 5) is 12.2. The van der Waals surface area contributed by atoms with Crippen LogP contribution in [0, 0.1) is 21.4 Å². The fourth-order valence-corrected chi connectivity index (χ4v) is 1.49. The molecule has 1 aromatic carbocycles. The van der Waals surface area contributed by atoms with E-state index in [2.05, 4.69) is 5.43 Å². The highest BCUT2D eigenvalue weighted by Crippen LogP contribution is 2.34. The quantitative estimate of drug-likeness (QED) is 0.451. The second-order valence-electron chi connectivity index (χ2n) is 3.40. The summed E-state index contributed by atoms with van der Waals surface area (Å²) in [6.07, 6.45) is 0.300. The molecule has 0 spiro atoms. The number of nitro groups is 1. The minimum absolute atomic E-state index is 0.0876. The average Bonchev–Trinajstić information content (AvgIpc) is 2.34. The lowest BCUT2D eigenvalue weighted by molar-refractivity contribution is -0.383. The van der Waals surface area contributed by atoms with Gasteiger partial charge in [-0.3, -0.25) is 16.0 Å². The predicted molar refractivity (Wildman–Crippen MR) is 64.4 cm³/mol. The number of hydrogen-bond donors (Lipinski definition) is 2. The van der Waals surface area contributed by atoms with Gasteiger partial charge in [0, 0.05) is 13.6 Å². The predicted octanol–water partition coefficient (Wildman–Crippen LogP) is 1.23. The van der Waals surface area contributed by atoms with Crippen LogP contribution in [-0.2, 0) is 0 Å². The Bertz CT molecular complexity index is 454. The molecule has 0 saturated carbocycles. The molecule has 0 aromatic heterocycles. The SMILES string of the molecule is CN(CCC#N)c1cccc(NN)c1[N+](=O)[O-]. The average molecular weight is 235 g/mol. The molecule has 0 unspecified atom stereocenters. The highest BCUT2D eigenvalue weighted by Gasteiger charge is 2.21. The number of nitro benzene ring substituents is 1. The van der Waals surface area contributed by atoms with Gasteiger partial charge in [-0.15, -0.1) is 0 Å². The zero-order valence-electron chi connectivity index (χ0n) is 9.38. The van der Waals surface area contributed by atoms with Crippen LogP contribution >= 0.6 is 0 Å². The zero-order valence-corrected chi connectivity index (χ0v) is 9.38. The normalized spacial score (nSPS) is 9.47. The lowest BCUT2D eigenvalue weighted by atomic mass is 10.2. The molecule has 0 atom stereocenters. The van der Waals surface area contributed by atoms with E-state index in [0.717, 1.165) is 0 Å². The van der Waals surface area contributed by atoms with Gasteiger partial charge in [-0.25, -0.2) is 0 Å². The Morgan fingerprint density at radius 1 is 1.65 bits per heavy atom. The van der Waals surface area contributed by atoms with Crippen molar-refractivity contribution in [2.24, 2.45) is 5.84 Å². The molecule has 1 rings (SSSR count). The van der Waals surface area contributed by atoms with Crippen molar-refractivity contribution >= 4 is 17.1 Å². The third-order valence-electron chi connectivity index (χ3n) is 2.32. The van der Waals surface area contributed by atoms with Crippen LogP contribution in [0.3, 0.4) is 0 Å². The molecule has 0 fully saturated rings. The largest absolute Gasteiger partial charge is 0.368 e. The standard InChI is InChI=1S/C10H13N5O2/c1-14(7-3-6-11)9-5-2-4-8(13-12)10(9)15(16)17/h2,4-5,13H,3,7,12H2,1H3. The molecule has 0 aliphatic carbocycles. The number of benzene rings is 1. The van der Waals surface area contributed by atoms with E-state index in [1.54, 1.807) is 24.1 Å². The van der Waals surface area contributed by atoms with E-state index < -0.39 is 4.92 Å². The number of rotatable bonds is 5. The zero-order chi connectivity index (χ0) is 12.8. The highest BCUT2D eigenvalue weighted by atomic mass is 16.6. The van der Waals surface area contributed by atoms with Crippen LogP contribution in [-0.4, -0.2) is 18.5 Å². The first-order valence-corrected chi connectivity index (χ1v) is 4.94. The van der Waals surface area contributed by atoms with Gasteiger partial charge in [-0.1, -0.05) is 6.07 Å². The van der Waals surface area contributed by atoms with Gasteiger partial charge in [-0.05, 0) is 12.1 Å². The van der Waals surface area contributed by atoms with Gasteiger partial charge < -0.3 is 10.3 Å². The summed E-state index contributed by atoms with van der Waals surface area (Å²) in [6.45, 7) is 0.422. The molecule has 90 valence electrons. The number of anilines is 2. The summed E-state index contributed by atoms with van der Waals surface area (Å²) in [5.74, 6) is 5.23. The van der Waals surface area contributed by atoms with Crippen LogP contribution in [0.1, 0.15) is 6.42 Å². The number of nitrogens with one attached hydrogen (secondary N) is 1. The van der Waals surface area contributed by atoms with Crippen LogP contribution in [0.25, 0.3) is 0 Å². The van der Waals surface area contributed by atoms with Crippen molar-refractivity contribution < 1.29 is 4.92 Å². The van der Waals surface area contributed by atoms with E-state index in [-0.39, 0.29) is 11.4 Å². The fraction of sp³-hybridized carbons (Fsp3) is 0.300. The van der Waals surface area contributed by atoms with Gasteiger partial charge in [-0.2, -0.15) is 5.26 Å². The van der Waals surface area contributed by atoms with E-state index >= 15 is 0 Å². The van der Waals surface area contributed by atoms with Crippen LogP contribution < -0.4 is 16.2 Å². The maximum Gasteiger partial charge on any atom is 0.316 e. The number of nitrogen functional groups attached to an aromatic ring is 1. The van der Waals surface area contributed by atoms with Crippen molar-refractivity contribution in [1.82, 2.24) is 0 Å². The number of hydrazine groups is 1. The second-order valence-corrected chi connectivity index (χ2v) is 3.40. The van der Waals surface area contributed by atoms with Crippen molar-refractivity contribution in [1.29, 1.82) is 5.26 Å². The van der Waals surface area contributed by atoms with Gasteiger partial charge >= 0.3 is 5.69 Å². The number of nitrogens with two attached hydrogens (primary N) is 1. The van der Waals surface area contributed by atoms with Crippen molar-refractivity contribution in [3.63, 3.8) is 0 Å². The lowest BCUT2D eigenvalue weighted by Gasteiger charge is -2.18. The maximum absolute atomic E-state index is 11.0. The summed E-state index contributed by atoms with van der Waals surface area (Å²) < 4.78 is 0. The molecule has 0 aliphatic rings. The van der Waals surface area contributed by atoms with Crippen molar-refractivity contribution in [2.45, 2.75) is 6.42 Å². The molecule has 0 aliphatic heterocycles. The monoisotopic (exact) mass is 235 g/mol. The molecule has 7 heteroatoms. The van der Waals surface area contributed by atoms with E-state index in [1.807, 2.05) is 6.07 Å². The topological polar surface area (TPSA) is 108 Å². The summed E-state index contributed by atoms with van der Waals surface area (Å²) in [5.41, 5.74) is 2.89.